The molecule has 0 aliphatic heterocycles. The van der Waals surface area contributed by atoms with Crippen LogP contribution in [0.4, 0.5) is 11.4 Å². The number of nitro benzene ring substituents is 1. The number of ether oxygens (including phenoxy) is 1. The van der Waals surface area contributed by atoms with Gasteiger partial charge in [-0.05, 0) is 25.8 Å². The first-order valence-electron chi connectivity index (χ1n) is 7.34. The van der Waals surface area contributed by atoms with E-state index in [2.05, 4.69) is 5.32 Å². The molecule has 0 amide bonds. The summed E-state index contributed by atoms with van der Waals surface area (Å²) in [6, 6.07) is 4.66. The number of hydrogen-bond acceptors (Lipinski definition) is 5. The average molecular weight is 292 g/mol. The maximum Gasteiger partial charge on any atom is 0.340 e. The van der Waals surface area contributed by atoms with Crippen molar-refractivity contribution in [3.8, 4) is 0 Å². The Kier molecular flexibility index (Phi) is 5.14. The standard InChI is InChI=1S/C15H20N2O4/c1-2-21-15(18)12-9-6-10-13(17(19)20)14(12)16-11-7-4-3-5-8-11/h6,9-11,16H,2-5,7-8H2,1H3. The van der Waals surface area contributed by atoms with Crippen molar-refractivity contribution < 1.29 is 14.5 Å². The number of nitrogens with one attached hydrogen (secondary N) is 1. The number of benzene rings is 1. The summed E-state index contributed by atoms with van der Waals surface area (Å²) in [5.74, 6) is -0.528. The number of carbonyl (C=O) groups is 1. The third kappa shape index (κ3) is 3.71. The van der Waals surface area contributed by atoms with Gasteiger partial charge in [0.2, 0.25) is 0 Å². The number of anilines is 1. The van der Waals surface area contributed by atoms with E-state index in [9.17, 15) is 14.9 Å². The molecular weight excluding hydrogens is 272 g/mol. The second-order valence-corrected chi connectivity index (χ2v) is 5.16. The number of nitro groups is 1. The molecule has 1 aliphatic rings. The van der Waals surface area contributed by atoms with Crippen molar-refractivity contribution in [2.24, 2.45) is 0 Å². The van der Waals surface area contributed by atoms with Crippen LogP contribution in [-0.4, -0.2) is 23.5 Å². The number of para-hydroxylation sites is 1. The molecule has 21 heavy (non-hydrogen) atoms. The molecule has 6 nitrogen and oxygen atoms in total. The molecule has 1 N–H and O–H groups in total. The quantitative estimate of drug-likeness (QED) is 0.510. The highest BCUT2D eigenvalue weighted by atomic mass is 16.6. The van der Waals surface area contributed by atoms with Crippen LogP contribution in [0.3, 0.4) is 0 Å². The summed E-state index contributed by atoms with van der Waals surface area (Å²) in [5, 5.41) is 14.4. The summed E-state index contributed by atoms with van der Waals surface area (Å²) in [6.45, 7) is 1.95. The highest BCUT2D eigenvalue weighted by Crippen LogP contribution is 2.32. The van der Waals surface area contributed by atoms with Crippen molar-refractivity contribution in [2.45, 2.75) is 45.1 Å². The van der Waals surface area contributed by atoms with E-state index in [0.29, 0.717) is 0 Å². The monoisotopic (exact) mass is 292 g/mol. The van der Waals surface area contributed by atoms with Gasteiger partial charge in [0.25, 0.3) is 5.69 Å². The van der Waals surface area contributed by atoms with Crippen LogP contribution >= 0.6 is 0 Å². The molecule has 114 valence electrons. The van der Waals surface area contributed by atoms with Gasteiger partial charge in [-0.25, -0.2) is 4.79 Å². The van der Waals surface area contributed by atoms with Crippen molar-refractivity contribution in [3.63, 3.8) is 0 Å². The fourth-order valence-corrected chi connectivity index (χ4v) is 2.67. The lowest BCUT2D eigenvalue weighted by molar-refractivity contribution is -0.384. The number of carbonyl (C=O) groups excluding carboxylic acids is 1. The Balaban J connectivity index is 2.33. The van der Waals surface area contributed by atoms with E-state index in [0.717, 1.165) is 25.7 Å². The minimum absolute atomic E-state index is 0.0777. The van der Waals surface area contributed by atoms with Crippen LogP contribution < -0.4 is 5.32 Å². The van der Waals surface area contributed by atoms with Crippen molar-refractivity contribution in [3.05, 3.63) is 33.9 Å². The van der Waals surface area contributed by atoms with E-state index >= 15 is 0 Å². The highest BCUT2D eigenvalue weighted by Gasteiger charge is 2.25. The second-order valence-electron chi connectivity index (χ2n) is 5.16. The van der Waals surface area contributed by atoms with Gasteiger partial charge in [-0.3, -0.25) is 10.1 Å². The van der Waals surface area contributed by atoms with Gasteiger partial charge in [0, 0.05) is 12.1 Å². The summed E-state index contributed by atoms with van der Waals surface area (Å²) in [5.41, 5.74) is 0.440. The molecule has 1 fully saturated rings. The van der Waals surface area contributed by atoms with Gasteiger partial charge in [0.1, 0.15) is 5.69 Å². The van der Waals surface area contributed by atoms with Crippen molar-refractivity contribution >= 4 is 17.3 Å². The molecule has 0 aromatic heterocycles. The number of esters is 1. The summed E-state index contributed by atoms with van der Waals surface area (Å²) in [7, 11) is 0. The van der Waals surface area contributed by atoms with E-state index in [1.165, 1.54) is 18.6 Å². The van der Waals surface area contributed by atoms with E-state index in [4.69, 9.17) is 4.74 Å². The van der Waals surface area contributed by atoms with E-state index in [1.54, 1.807) is 13.0 Å². The minimum Gasteiger partial charge on any atom is -0.462 e. The Bertz CT molecular complexity index is 524. The SMILES string of the molecule is CCOC(=O)c1cccc([N+](=O)[O-])c1NC1CCCCC1. The predicted molar refractivity (Wildman–Crippen MR) is 79.5 cm³/mol. The molecule has 0 bridgehead atoms. The van der Waals surface area contributed by atoms with Crippen LogP contribution in [0, 0.1) is 10.1 Å². The molecular formula is C15H20N2O4. The molecule has 1 aliphatic carbocycles. The lowest BCUT2D eigenvalue weighted by Crippen LogP contribution is -2.24. The normalized spacial score (nSPS) is 15.5. The zero-order chi connectivity index (χ0) is 15.2. The zero-order valence-corrected chi connectivity index (χ0v) is 12.1. The summed E-state index contributed by atoms with van der Waals surface area (Å²) >= 11 is 0. The Morgan fingerprint density at radius 1 is 1.38 bits per heavy atom. The third-order valence-corrected chi connectivity index (χ3v) is 3.69. The zero-order valence-electron chi connectivity index (χ0n) is 12.1. The third-order valence-electron chi connectivity index (χ3n) is 3.69. The van der Waals surface area contributed by atoms with Crippen LogP contribution in [0.2, 0.25) is 0 Å². The molecule has 2 rings (SSSR count). The van der Waals surface area contributed by atoms with Gasteiger partial charge in [-0.2, -0.15) is 0 Å². The maximum absolute atomic E-state index is 12.0. The smallest absolute Gasteiger partial charge is 0.340 e. The topological polar surface area (TPSA) is 81.5 Å². The van der Waals surface area contributed by atoms with Crippen molar-refractivity contribution in [2.75, 3.05) is 11.9 Å². The van der Waals surface area contributed by atoms with Gasteiger partial charge in [0.05, 0.1) is 17.1 Å². The van der Waals surface area contributed by atoms with Gasteiger partial charge < -0.3 is 10.1 Å². The van der Waals surface area contributed by atoms with E-state index < -0.39 is 10.9 Å². The van der Waals surface area contributed by atoms with E-state index in [1.807, 2.05) is 0 Å². The Labute approximate surface area is 123 Å². The van der Waals surface area contributed by atoms with E-state index in [-0.39, 0.29) is 29.6 Å². The fourth-order valence-electron chi connectivity index (χ4n) is 2.67. The van der Waals surface area contributed by atoms with Crippen LogP contribution in [0.15, 0.2) is 18.2 Å². The summed E-state index contributed by atoms with van der Waals surface area (Å²) < 4.78 is 4.99. The van der Waals surface area contributed by atoms with Crippen LogP contribution in [0.1, 0.15) is 49.4 Å². The van der Waals surface area contributed by atoms with Crippen molar-refractivity contribution in [1.29, 1.82) is 0 Å². The van der Waals surface area contributed by atoms with Gasteiger partial charge in [0.15, 0.2) is 0 Å². The molecule has 0 unspecified atom stereocenters. The maximum atomic E-state index is 12.0. The molecule has 0 spiro atoms. The minimum atomic E-state index is -0.528. The molecule has 0 atom stereocenters. The van der Waals surface area contributed by atoms with Crippen LogP contribution in [-0.2, 0) is 4.74 Å². The lowest BCUT2D eigenvalue weighted by atomic mass is 9.95. The Morgan fingerprint density at radius 3 is 2.71 bits per heavy atom. The highest BCUT2D eigenvalue weighted by molar-refractivity contribution is 5.98. The molecule has 0 radical (unpaired) electrons. The Hall–Kier alpha value is -2.11. The van der Waals surface area contributed by atoms with Gasteiger partial charge in [-0.15, -0.1) is 0 Å². The predicted octanol–water partition coefficient (Wildman–Crippen LogP) is 3.52. The first-order valence-corrected chi connectivity index (χ1v) is 7.34. The summed E-state index contributed by atoms with van der Waals surface area (Å²) in [4.78, 5) is 22.7. The second kappa shape index (κ2) is 7.06. The molecule has 1 aromatic rings. The summed E-state index contributed by atoms with van der Waals surface area (Å²) in [6.07, 6.45) is 5.34. The Morgan fingerprint density at radius 2 is 2.10 bits per heavy atom. The molecule has 0 saturated heterocycles. The number of nitrogens with zero attached hydrogens (tertiary/aromatic N) is 1. The fraction of sp³-hybridized carbons (Fsp3) is 0.533. The average Bonchev–Trinajstić information content (AvgIpc) is 2.48. The van der Waals surface area contributed by atoms with Crippen LogP contribution in [0.25, 0.3) is 0 Å². The van der Waals surface area contributed by atoms with Gasteiger partial charge >= 0.3 is 5.97 Å². The molecule has 1 aromatic carbocycles. The molecule has 1 saturated carbocycles. The number of hydrogen-bond donors (Lipinski definition) is 1. The first-order chi connectivity index (χ1) is 10.1. The van der Waals surface area contributed by atoms with Crippen LogP contribution in [0.5, 0.6) is 0 Å². The molecule has 0 heterocycles. The first kappa shape index (κ1) is 15.3. The van der Waals surface area contributed by atoms with Crippen molar-refractivity contribution in [1.82, 2.24) is 0 Å². The largest absolute Gasteiger partial charge is 0.462 e. The molecule has 6 heteroatoms. The number of rotatable bonds is 5. The van der Waals surface area contributed by atoms with Gasteiger partial charge in [-0.1, -0.05) is 25.3 Å². The lowest BCUT2D eigenvalue weighted by Gasteiger charge is -2.24.